The van der Waals surface area contributed by atoms with Crippen LogP contribution in [0.4, 0.5) is 10.6 Å². The molecule has 1 aromatic heterocycles. The highest BCUT2D eigenvalue weighted by atomic mass is 16.6. The minimum atomic E-state index is -0.739. The standard InChI is InChI=1S/C23H30N4O4/c1-30-18-6-4-16(5-7-18)12-19-22(20(28)15-25-19)31-23(29)26-14-17-8-9-24-21(13-17)27-10-2-3-11-27/h4-9,13,19-20,22,25,28H,2-3,10-12,14-15H2,1H3,(H,26,29)/t19-,20+,22+/m1/s1. The number of carbonyl (C=O) groups excluding carboxylic acids is 1. The van der Waals surface area contributed by atoms with Crippen molar-refractivity contribution in [1.82, 2.24) is 15.6 Å². The first kappa shape index (κ1) is 21.4. The van der Waals surface area contributed by atoms with E-state index in [-0.39, 0.29) is 6.04 Å². The first-order valence-corrected chi connectivity index (χ1v) is 10.8. The maximum Gasteiger partial charge on any atom is 0.407 e. The molecule has 166 valence electrons. The van der Waals surface area contributed by atoms with Crippen LogP contribution in [0.15, 0.2) is 42.6 Å². The molecular formula is C23H30N4O4. The number of ether oxygens (including phenoxy) is 2. The predicted octanol–water partition coefficient (Wildman–Crippen LogP) is 1.86. The van der Waals surface area contributed by atoms with E-state index in [0.717, 1.165) is 35.8 Å². The maximum atomic E-state index is 12.4. The monoisotopic (exact) mass is 426 g/mol. The molecule has 1 aromatic carbocycles. The molecule has 0 radical (unpaired) electrons. The lowest BCUT2D eigenvalue weighted by Crippen LogP contribution is -2.41. The Bertz CT molecular complexity index is 870. The zero-order valence-corrected chi connectivity index (χ0v) is 17.8. The van der Waals surface area contributed by atoms with Gasteiger partial charge in [0, 0.05) is 32.4 Å². The van der Waals surface area contributed by atoms with Crippen molar-refractivity contribution < 1.29 is 19.4 Å². The van der Waals surface area contributed by atoms with Crippen molar-refractivity contribution in [3.05, 3.63) is 53.7 Å². The molecule has 3 heterocycles. The summed E-state index contributed by atoms with van der Waals surface area (Å²) in [5.41, 5.74) is 2.04. The number of amides is 1. The number of aromatic nitrogens is 1. The number of aliphatic hydroxyl groups excluding tert-OH is 1. The Kier molecular flexibility index (Phi) is 6.89. The normalized spacial score (nSPS) is 23.0. The Balaban J connectivity index is 1.30. The molecule has 0 aliphatic carbocycles. The van der Waals surface area contributed by atoms with Gasteiger partial charge in [-0.1, -0.05) is 12.1 Å². The zero-order valence-electron chi connectivity index (χ0n) is 17.8. The summed E-state index contributed by atoms with van der Waals surface area (Å²) in [7, 11) is 1.63. The minimum Gasteiger partial charge on any atom is -0.497 e. The first-order valence-electron chi connectivity index (χ1n) is 10.8. The summed E-state index contributed by atoms with van der Waals surface area (Å²) in [6.45, 7) is 2.78. The van der Waals surface area contributed by atoms with Gasteiger partial charge in [-0.25, -0.2) is 9.78 Å². The van der Waals surface area contributed by atoms with Crippen LogP contribution in [-0.2, 0) is 17.7 Å². The van der Waals surface area contributed by atoms with Crippen LogP contribution in [0.1, 0.15) is 24.0 Å². The summed E-state index contributed by atoms with van der Waals surface area (Å²) in [6.07, 6.45) is 2.90. The van der Waals surface area contributed by atoms with E-state index in [1.807, 2.05) is 36.4 Å². The second kappa shape index (κ2) is 9.98. The highest BCUT2D eigenvalue weighted by Gasteiger charge is 2.37. The van der Waals surface area contributed by atoms with E-state index in [1.54, 1.807) is 13.3 Å². The van der Waals surface area contributed by atoms with Crippen molar-refractivity contribution in [2.75, 3.05) is 31.6 Å². The number of aliphatic hydroxyl groups is 1. The molecule has 0 bridgehead atoms. The average molecular weight is 427 g/mol. The van der Waals surface area contributed by atoms with Crippen molar-refractivity contribution >= 4 is 11.9 Å². The van der Waals surface area contributed by atoms with Gasteiger partial charge in [-0.05, 0) is 54.7 Å². The highest BCUT2D eigenvalue weighted by molar-refractivity contribution is 5.67. The van der Waals surface area contributed by atoms with E-state index >= 15 is 0 Å². The molecule has 2 fully saturated rings. The van der Waals surface area contributed by atoms with Crippen molar-refractivity contribution in [2.45, 2.75) is 44.1 Å². The second-order valence-electron chi connectivity index (χ2n) is 8.07. The molecule has 2 aliphatic heterocycles. The van der Waals surface area contributed by atoms with Crippen LogP contribution in [0.5, 0.6) is 5.75 Å². The SMILES string of the molecule is COc1ccc(C[C@H]2NC[C@H](O)[C@H]2OC(=O)NCc2ccnc(N3CCCC3)c2)cc1. The number of carbonyl (C=O) groups is 1. The molecule has 2 aromatic rings. The molecule has 0 saturated carbocycles. The van der Waals surface area contributed by atoms with Gasteiger partial charge in [0.25, 0.3) is 0 Å². The van der Waals surface area contributed by atoms with Crippen LogP contribution in [0.3, 0.4) is 0 Å². The van der Waals surface area contributed by atoms with Crippen molar-refractivity contribution in [1.29, 1.82) is 0 Å². The number of nitrogens with zero attached hydrogens (tertiary/aromatic N) is 2. The molecule has 0 spiro atoms. The van der Waals surface area contributed by atoms with Gasteiger partial charge in [0.05, 0.1) is 13.2 Å². The Hall–Kier alpha value is -2.84. The number of hydrogen-bond acceptors (Lipinski definition) is 7. The van der Waals surface area contributed by atoms with Crippen LogP contribution in [0.25, 0.3) is 0 Å². The fourth-order valence-corrected chi connectivity index (χ4v) is 4.17. The van der Waals surface area contributed by atoms with Crippen molar-refractivity contribution in [3.8, 4) is 5.75 Å². The van der Waals surface area contributed by atoms with Crippen molar-refractivity contribution in [3.63, 3.8) is 0 Å². The molecule has 4 rings (SSSR count). The number of methoxy groups -OCH3 is 1. The molecule has 2 saturated heterocycles. The van der Waals surface area contributed by atoms with Gasteiger partial charge >= 0.3 is 6.09 Å². The molecule has 2 aliphatic rings. The third kappa shape index (κ3) is 5.45. The van der Waals surface area contributed by atoms with E-state index in [2.05, 4.69) is 20.5 Å². The third-order valence-corrected chi connectivity index (χ3v) is 5.90. The smallest absolute Gasteiger partial charge is 0.407 e. The predicted molar refractivity (Wildman–Crippen MR) is 117 cm³/mol. The number of benzene rings is 1. The second-order valence-corrected chi connectivity index (χ2v) is 8.07. The Morgan fingerprint density at radius 3 is 2.74 bits per heavy atom. The Morgan fingerprint density at radius 2 is 2.00 bits per heavy atom. The van der Waals surface area contributed by atoms with Gasteiger partial charge in [-0.2, -0.15) is 0 Å². The number of β-amino-alcohol motifs (C(OH)–C–C–N with tert-alkyl or cyclic N) is 1. The van der Waals surface area contributed by atoms with Gasteiger partial charge in [-0.15, -0.1) is 0 Å². The van der Waals surface area contributed by atoms with Crippen LogP contribution in [-0.4, -0.2) is 61.2 Å². The van der Waals surface area contributed by atoms with Crippen LogP contribution in [0, 0.1) is 0 Å². The quantitative estimate of drug-likeness (QED) is 0.622. The van der Waals surface area contributed by atoms with Gasteiger partial charge in [0.2, 0.25) is 0 Å². The number of rotatable bonds is 7. The number of pyridine rings is 1. The first-order chi connectivity index (χ1) is 15.1. The summed E-state index contributed by atoms with van der Waals surface area (Å²) >= 11 is 0. The average Bonchev–Trinajstić information content (AvgIpc) is 3.45. The van der Waals surface area contributed by atoms with Crippen LogP contribution < -0.4 is 20.3 Å². The lowest BCUT2D eigenvalue weighted by atomic mass is 10.0. The molecule has 8 heteroatoms. The largest absolute Gasteiger partial charge is 0.497 e. The molecular weight excluding hydrogens is 396 g/mol. The van der Waals surface area contributed by atoms with E-state index < -0.39 is 18.3 Å². The number of alkyl carbamates (subject to hydrolysis) is 1. The molecule has 3 N–H and O–H groups in total. The third-order valence-electron chi connectivity index (χ3n) is 5.90. The Morgan fingerprint density at radius 1 is 1.23 bits per heavy atom. The topological polar surface area (TPSA) is 95.9 Å². The highest BCUT2D eigenvalue weighted by Crippen LogP contribution is 2.20. The van der Waals surface area contributed by atoms with E-state index in [9.17, 15) is 9.90 Å². The van der Waals surface area contributed by atoms with Crippen LogP contribution >= 0.6 is 0 Å². The molecule has 8 nitrogen and oxygen atoms in total. The van der Waals surface area contributed by atoms with E-state index in [4.69, 9.17) is 9.47 Å². The van der Waals surface area contributed by atoms with Gasteiger partial charge < -0.3 is 30.1 Å². The van der Waals surface area contributed by atoms with Gasteiger partial charge in [-0.3, -0.25) is 0 Å². The molecule has 1 amide bonds. The molecule has 3 atom stereocenters. The molecule has 0 unspecified atom stereocenters. The summed E-state index contributed by atoms with van der Waals surface area (Å²) < 4.78 is 10.8. The number of nitrogens with one attached hydrogen (secondary N) is 2. The van der Waals surface area contributed by atoms with Gasteiger partial charge in [0.15, 0.2) is 0 Å². The molecule has 31 heavy (non-hydrogen) atoms. The summed E-state index contributed by atoms with van der Waals surface area (Å²) in [6, 6.07) is 11.5. The van der Waals surface area contributed by atoms with Crippen molar-refractivity contribution in [2.24, 2.45) is 0 Å². The van der Waals surface area contributed by atoms with Gasteiger partial charge in [0.1, 0.15) is 23.8 Å². The summed E-state index contributed by atoms with van der Waals surface area (Å²) in [5, 5.41) is 16.4. The minimum absolute atomic E-state index is 0.156. The fourth-order valence-electron chi connectivity index (χ4n) is 4.17. The lowest BCUT2D eigenvalue weighted by molar-refractivity contribution is 0.0188. The maximum absolute atomic E-state index is 12.4. The zero-order chi connectivity index (χ0) is 21.6. The fraction of sp³-hybridized carbons (Fsp3) is 0.478. The number of hydrogen-bond donors (Lipinski definition) is 3. The summed E-state index contributed by atoms with van der Waals surface area (Å²) in [4.78, 5) is 19.1. The summed E-state index contributed by atoms with van der Waals surface area (Å²) in [5.74, 6) is 1.74. The van der Waals surface area contributed by atoms with E-state index in [1.165, 1.54) is 12.8 Å². The van der Waals surface area contributed by atoms with E-state index in [0.29, 0.717) is 19.5 Å². The number of anilines is 1. The van der Waals surface area contributed by atoms with Crippen LogP contribution in [0.2, 0.25) is 0 Å². The Labute approximate surface area is 182 Å². The lowest BCUT2D eigenvalue weighted by Gasteiger charge is -2.22.